The van der Waals surface area contributed by atoms with Gasteiger partial charge in [0, 0.05) is 6.20 Å². The molecule has 0 aliphatic heterocycles. The van der Waals surface area contributed by atoms with Crippen LogP contribution in [0.2, 0.25) is 0 Å². The standard InChI is InChI=1S/C18H17N3O4/c1-23-15-8-12(9-16(24-2)17(15)25-3)7-13(10-19)18(22)21-14-5-4-6-20-11-14/h4-9,11H,1-3H3,(H,21,22)/b13-7+. The Kier molecular flexibility index (Phi) is 5.96. The lowest BCUT2D eigenvalue weighted by Gasteiger charge is -2.13. The summed E-state index contributed by atoms with van der Waals surface area (Å²) < 4.78 is 15.8. The molecule has 1 N–H and O–H groups in total. The Balaban J connectivity index is 2.36. The lowest BCUT2D eigenvalue weighted by atomic mass is 10.1. The number of hydrogen-bond donors (Lipinski definition) is 1. The maximum absolute atomic E-state index is 12.3. The highest BCUT2D eigenvalue weighted by Crippen LogP contribution is 2.38. The molecule has 7 heteroatoms. The first kappa shape index (κ1) is 17.8. The minimum atomic E-state index is -0.538. The van der Waals surface area contributed by atoms with E-state index in [2.05, 4.69) is 10.3 Å². The van der Waals surface area contributed by atoms with Crippen molar-refractivity contribution in [3.8, 4) is 23.3 Å². The fourth-order valence-electron chi connectivity index (χ4n) is 2.14. The van der Waals surface area contributed by atoms with Crippen molar-refractivity contribution in [1.29, 1.82) is 5.26 Å². The molecule has 128 valence electrons. The summed E-state index contributed by atoms with van der Waals surface area (Å²) in [6.45, 7) is 0. The Morgan fingerprint density at radius 1 is 1.20 bits per heavy atom. The normalized spacial score (nSPS) is 10.6. The van der Waals surface area contributed by atoms with Gasteiger partial charge in [0.2, 0.25) is 5.75 Å². The van der Waals surface area contributed by atoms with E-state index in [-0.39, 0.29) is 5.57 Å². The Morgan fingerprint density at radius 3 is 2.36 bits per heavy atom. The lowest BCUT2D eigenvalue weighted by Crippen LogP contribution is -2.13. The van der Waals surface area contributed by atoms with Crippen molar-refractivity contribution >= 4 is 17.7 Å². The van der Waals surface area contributed by atoms with Gasteiger partial charge in [0.05, 0.1) is 33.2 Å². The first-order valence-electron chi connectivity index (χ1n) is 7.26. The third-order valence-corrected chi connectivity index (χ3v) is 3.28. The van der Waals surface area contributed by atoms with Gasteiger partial charge in [-0.25, -0.2) is 0 Å². The summed E-state index contributed by atoms with van der Waals surface area (Å²) in [7, 11) is 4.48. The van der Waals surface area contributed by atoms with E-state index in [9.17, 15) is 10.1 Å². The zero-order valence-corrected chi connectivity index (χ0v) is 14.1. The molecular weight excluding hydrogens is 322 g/mol. The van der Waals surface area contributed by atoms with E-state index in [1.165, 1.54) is 33.6 Å². The molecule has 1 aromatic carbocycles. The van der Waals surface area contributed by atoms with Crippen LogP contribution in [0.5, 0.6) is 17.2 Å². The van der Waals surface area contributed by atoms with Gasteiger partial charge in [-0.1, -0.05) is 0 Å². The number of hydrogen-bond acceptors (Lipinski definition) is 6. The number of benzene rings is 1. The molecule has 1 aromatic heterocycles. The zero-order chi connectivity index (χ0) is 18.2. The molecule has 2 rings (SSSR count). The van der Waals surface area contributed by atoms with Crippen LogP contribution in [0.3, 0.4) is 0 Å². The Bertz CT molecular complexity index is 801. The summed E-state index contributed by atoms with van der Waals surface area (Å²) in [5, 5.41) is 11.9. The fraction of sp³-hybridized carbons (Fsp3) is 0.167. The number of pyridine rings is 1. The van der Waals surface area contributed by atoms with Crippen molar-refractivity contribution in [3.63, 3.8) is 0 Å². The van der Waals surface area contributed by atoms with Crippen LogP contribution in [-0.4, -0.2) is 32.2 Å². The number of aromatic nitrogens is 1. The summed E-state index contributed by atoms with van der Waals surface area (Å²) >= 11 is 0. The van der Waals surface area contributed by atoms with E-state index in [1.807, 2.05) is 6.07 Å². The molecule has 1 amide bonds. The van der Waals surface area contributed by atoms with Crippen LogP contribution in [0.4, 0.5) is 5.69 Å². The van der Waals surface area contributed by atoms with Crippen molar-refractivity contribution in [3.05, 3.63) is 47.8 Å². The molecule has 0 aliphatic carbocycles. The number of nitrogens with one attached hydrogen (secondary N) is 1. The van der Waals surface area contributed by atoms with E-state index in [0.29, 0.717) is 28.5 Å². The van der Waals surface area contributed by atoms with Crippen LogP contribution in [0, 0.1) is 11.3 Å². The summed E-state index contributed by atoms with van der Waals surface area (Å²) in [5.74, 6) is 0.751. The average molecular weight is 339 g/mol. The highest BCUT2D eigenvalue weighted by atomic mass is 16.5. The van der Waals surface area contributed by atoms with Gasteiger partial charge >= 0.3 is 0 Å². The van der Waals surface area contributed by atoms with Crippen LogP contribution in [0.15, 0.2) is 42.2 Å². The first-order chi connectivity index (χ1) is 12.1. The maximum Gasteiger partial charge on any atom is 0.266 e. The zero-order valence-electron chi connectivity index (χ0n) is 14.1. The number of ether oxygens (including phenoxy) is 3. The summed E-state index contributed by atoms with van der Waals surface area (Å²) in [6, 6.07) is 8.55. The predicted molar refractivity (Wildman–Crippen MR) is 92.6 cm³/mol. The Morgan fingerprint density at radius 2 is 1.88 bits per heavy atom. The molecule has 25 heavy (non-hydrogen) atoms. The number of carbonyl (C=O) groups is 1. The lowest BCUT2D eigenvalue weighted by molar-refractivity contribution is -0.112. The molecule has 0 saturated carbocycles. The maximum atomic E-state index is 12.3. The van der Waals surface area contributed by atoms with Crippen LogP contribution >= 0.6 is 0 Å². The second-order valence-corrected chi connectivity index (χ2v) is 4.82. The summed E-state index contributed by atoms with van der Waals surface area (Å²) in [4.78, 5) is 16.2. The minimum absolute atomic E-state index is 0.0712. The average Bonchev–Trinajstić information content (AvgIpc) is 2.65. The third-order valence-electron chi connectivity index (χ3n) is 3.28. The quantitative estimate of drug-likeness (QED) is 0.642. The van der Waals surface area contributed by atoms with Crippen molar-refractivity contribution in [2.75, 3.05) is 26.6 Å². The number of amides is 1. The second kappa shape index (κ2) is 8.36. The van der Waals surface area contributed by atoms with Crippen molar-refractivity contribution in [2.45, 2.75) is 0 Å². The first-order valence-corrected chi connectivity index (χ1v) is 7.26. The van der Waals surface area contributed by atoms with Gasteiger partial charge in [0.15, 0.2) is 11.5 Å². The number of rotatable bonds is 6. The SMILES string of the molecule is COc1cc(/C=C(\C#N)C(=O)Nc2cccnc2)cc(OC)c1OC. The van der Waals surface area contributed by atoms with E-state index in [4.69, 9.17) is 14.2 Å². The van der Waals surface area contributed by atoms with Crippen LogP contribution < -0.4 is 19.5 Å². The third kappa shape index (κ3) is 4.26. The van der Waals surface area contributed by atoms with Crippen LogP contribution in [0.1, 0.15) is 5.56 Å². The molecule has 0 spiro atoms. The molecule has 0 saturated heterocycles. The molecule has 0 bridgehead atoms. The molecule has 7 nitrogen and oxygen atoms in total. The molecule has 1 heterocycles. The van der Waals surface area contributed by atoms with Crippen molar-refractivity contribution < 1.29 is 19.0 Å². The molecule has 0 radical (unpaired) electrons. The van der Waals surface area contributed by atoms with Crippen molar-refractivity contribution in [1.82, 2.24) is 4.98 Å². The smallest absolute Gasteiger partial charge is 0.266 e. The molecular formula is C18H17N3O4. The summed E-state index contributed by atoms with van der Waals surface area (Å²) in [5.41, 5.74) is 0.990. The molecule has 0 aliphatic rings. The van der Waals surface area contributed by atoms with Gasteiger partial charge in [-0.3, -0.25) is 9.78 Å². The highest BCUT2D eigenvalue weighted by molar-refractivity contribution is 6.09. The number of nitriles is 1. The summed E-state index contributed by atoms with van der Waals surface area (Å²) in [6.07, 6.45) is 4.52. The molecule has 0 fully saturated rings. The topological polar surface area (TPSA) is 93.5 Å². The van der Waals surface area contributed by atoms with E-state index in [1.54, 1.807) is 30.5 Å². The molecule has 0 atom stereocenters. The van der Waals surface area contributed by atoms with Gasteiger partial charge in [0.25, 0.3) is 5.91 Å². The van der Waals surface area contributed by atoms with Crippen LogP contribution in [-0.2, 0) is 4.79 Å². The Hall–Kier alpha value is -3.53. The van der Waals surface area contributed by atoms with Gasteiger partial charge in [-0.05, 0) is 35.9 Å². The molecule has 0 unspecified atom stereocenters. The van der Waals surface area contributed by atoms with Crippen LogP contribution in [0.25, 0.3) is 6.08 Å². The van der Waals surface area contributed by atoms with Gasteiger partial charge < -0.3 is 19.5 Å². The predicted octanol–water partition coefficient (Wildman–Crippen LogP) is 2.65. The minimum Gasteiger partial charge on any atom is -0.493 e. The van der Waals surface area contributed by atoms with E-state index < -0.39 is 5.91 Å². The van der Waals surface area contributed by atoms with Crippen molar-refractivity contribution in [2.24, 2.45) is 0 Å². The largest absolute Gasteiger partial charge is 0.493 e. The van der Waals surface area contributed by atoms with E-state index >= 15 is 0 Å². The van der Waals surface area contributed by atoms with Gasteiger partial charge in [-0.15, -0.1) is 0 Å². The second-order valence-electron chi connectivity index (χ2n) is 4.82. The van der Waals surface area contributed by atoms with E-state index in [0.717, 1.165) is 0 Å². The number of nitrogens with zero attached hydrogens (tertiary/aromatic N) is 2. The molecule has 2 aromatic rings. The van der Waals surface area contributed by atoms with Gasteiger partial charge in [-0.2, -0.15) is 5.26 Å². The highest BCUT2D eigenvalue weighted by Gasteiger charge is 2.15. The fourth-order valence-corrected chi connectivity index (χ4v) is 2.14. The Labute approximate surface area is 145 Å². The number of carbonyl (C=O) groups excluding carboxylic acids is 1. The number of methoxy groups -OCH3 is 3. The number of anilines is 1. The van der Waals surface area contributed by atoms with Gasteiger partial charge in [0.1, 0.15) is 11.6 Å². The monoisotopic (exact) mass is 339 g/mol.